The normalized spacial score (nSPS) is 20.9. The molecule has 18 heavy (non-hydrogen) atoms. The number of rotatable bonds is 2. The van der Waals surface area contributed by atoms with Gasteiger partial charge in [-0.05, 0) is 41.1 Å². The summed E-state index contributed by atoms with van der Waals surface area (Å²) in [6.07, 6.45) is 1.50. The van der Waals surface area contributed by atoms with Crippen molar-refractivity contribution in [2.24, 2.45) is 0 Å². The van der Waals surface area contributed by atoms with E-state index in [-0.39, 0.29) is 11.7 Å². The third-order valence-electron chi connectivity index (χ3n) is 2.61. The summed E-state index contributed by atoms with van der Waals surface area (Å²) >= 11 is 3.31. The lowest BCUT2D eigenvalue weighted by Gasteiger charge is -2.11. The Labute approximate surface area is 114 Å². The average molecular weight is 330 g/mol. The molecule has 0 aromatic heterocycles. The Kier molecular flexibility index (Phi) is 3.59. The van der Waals surface area contributed by atoms with Crippen molar-refractivity contribution in [3.8, 4) is 0 Å². The van der Waals surface area contributed by atoms with Crippen LogP contribution in [0.4, 0.5) is 0 Å². The van der Waals surface area contributed by atoms with Gasteiger partial charge in [-0.1, -0.05) is 11.6 Å². The van der Waals surface area contributed by atoms with E-state index >= 15 is 0 Å². The molecular formula is C12H12BrNO3S. The van der Waals surface area contributed by atoms with Crippen molar-refractivity contribution in [1.82, 2.24) is 5.32 Å². The van der Waals surface area contributed by atoms with Gasteiger partial charge in [-0.25, -0.2) is 8.42 Å². The highest BCUT2D eigenvalue weighted by molar-refractivity contribution is 9.10. The van der Waals surface area contributed by atoms with Gasteiger partial charge in [0.15, 0.2) is 9.84 Å². The maximum Gasteiger partial charge on any atom is 0.252 e. The predicted octanol–water partition coefficient (Wildman–Crippen LogP) is 1.80. The van der Waals surface area contributed by atoms with Crippen molar-refractivity contribution in [3.63, 3.8) is 0 Å². The van der Waals surface area contributed by atoms with Crippen LogP contribution in [0.25, 0.3) is 0 Å². The Morgan fingerprint density at radius 3 is 2.78 bits per heavy atom. The summed E-state index contributed by atoms with van der Waals surface area (Å²) in [6.45, 7) is 1.89. The molecule has 0 bridgehead atoms. The summed E-state index contributed by atoms with van der Waals surface area (Å²) in [6, 6.07) is 4.99. The van der Waals surface area contributed by atoms with Gasteiger partial charge in [0.05, 0.1) is 17.4 Å². The molecule has 1 N–H and O–H groups in total. The molecule has 1 aromatic rings. The van der Waals surface area contributed by atoms with Crippen molar-refractivity contribution in [1.29, 1.82) is 0 Å². The maximum absolute atomic E-state index is 12.0. The standard InChI is InChI=1S/C12H12BrNO3S/c1-8-2-3-11(13)10(6-8)12(15)14-9-4-5-18(16,17)7-9/h2-6,9H,7H2,1H3,(H,14,15). The van der Waals surface area contributed by atoms with Crippen LogP contribution < -0.4 is 5.32 Å². The van der Waals surface area contributed by atoms with Crippen LogP contribution >= 0.6 is 15.9 Å². The fourth-order valence-electron chi connectivity index (χ4n) is 1.72. The van der Waals surface area contributed by atoms with Gasteiger partial charge in [0.2, 0.25) is 0 Å². The van der Waals surface area contributed by atoms with Gasteiger partial charge in [-0.15, -0.1) is 0 Å². The molecule has 1 unspecified atom stereocenters. The van der Waals surface area contributed by atoms with Crippen LogP contribution in [0.1, 0.15) is 15.9 Å². The number of aryl methyl sites for hydroxylation is 1. The summed E-state index contributed by atoms with van der Waals surface area (Å²) < 4.78 is 23.2. The molecule has 96 valence electrons. The molecule has 4 nitrogen and oxygen atoms in total. The first-order chi connectivity index (χ1) is 8.37. The van der Waals surface area contributed by atoms with Gasteiger partial charge in [0, 0.05) is 9.88 Å². The Bertz CT molecular complexity index is 622. The molecule has 0 radical (unpaired) electrons. The van der Waals surface area contributed by atoms with E-state index in [0.717, 1.165) is 11.0 Å². The lowest BCUT2D eigenvalue weighted by atomic mass is 10.1. The van der Waals surface area contributed by atoms with Crippen LogP contribution in [0.3, 0.4) is 0 Å². The van der Waals surface area contributed by atoms with Crippen molar-refractivity contribution < 1.29 is 13.2 Å². The fourth-order valence-corrected chi connectivity index (χ4v) is 3.39. The zero-order valence-corrected chi connectivity index (χ0v) is 12.1. The summed E-state index contributed by atoms with van der Waals surface area (Å²) in [5, 5.41) is 3.83. The predicted molar refractivity (Wildman–Crippen MR) is 73.1 cm³/mol. The average Bonchev–Trinajstić information content (AvgIpc) is 2.61. The number of carbonyl (C=O) groups excluding carboxylic acids is 1. The molecule has 1 amide bonds. The first-order valence-corrected chi connectivity index (χ1v) is 7.86. The van der Waals surface area contributed by atoms with Gasteiger partial charge in [0.25, 0.3) is 5.91 Å². The lowest BCUT2D eigenvalue weighted by Crippen LogP contribution is -2.35. The summed E-state index contributed by atoms with van der Waals surface area (Å²) in [5.41, 5.74) is 1.48. The Morgan fingerprint density at radius 1 is 1.44 bits per heavy atom. The third kappa shape index (κ3) is 3.00. The Hall–Kier alpha value is -1.14. The van der Waals surface area contributed by atoms with Crippen LogP contribution in [0, 0.1) is 6.92 Å². The quantitative estimate of drug-likeness (QED) is 0.899. The number of benzene rings is 1. The van der Waals surface area contributed by atoms with Crippen molar-refractivity contribution >= 4 is 31.7 Å². The van der Waals surface area contributed by atoms with Crippen LogP contribution in [-0.4, -0.2) is 26.1 Å². The minimum absolute atomic E-state index is 0.0673. The Balaban J connectivity index is 2.14. The molecule has 0 aliphatic carbocycles. The van der Waals surface area contributed by atoms with Crippen molar-refractivity contribution in [2.45, 2.75) is 13.0 Å². The topological polar surface area (TPSA) is 63.2 Å². The van der Waals surface area contributed by atoms with Gasteiger partial charge in [-0.2, -0.15) is 0 Å². The van der Waals surface area contributed by atoms with E-state index in [0.29, 0.717) is 10.0 Å². The van der Waals surface area contributed by atoms with E-state index < -0.39 is 15.9 Å². The summed E-state index contributed by atoms with van der Waals surface area (Å²) in [4.78, 5) is 12.0. The highest BCUT2D eigenvalue weighted by atomic mass is 79.9. The molecule has 2 rings (SSSR count). The molecule has 1 aliphatic heterocycles. The smallest absolute Gasteiger partial charge is 0.252 e. The zero-order valence-electron chi connectivity index (χ0n) is 9.68. The number of carbonyl (C=O) groups is 1. The SMILES string of the molecule is Cc1ccc(Br)c(C(=O)NC2C=CS(=O)(=O)C2)c1. The van der Waals surface area contributed by atoms with Crippen LogP contribution in [0.5, 0.6) is 0 Å². The Morgan fingerprint density at radius 2 is 2.17 bits per heavy atom. The number of hydrogen-bond donors (Lipinski definition) is 1. The second-order valence-electron chi connectivity index (χ2n) is 4.22. The van der Waals surface area contributed by atoms with Crippen LogP contribution in [0.2, 0.25) is 0 Å². The minimum atomic E-state index is -3.15. The van der Waals surface area contributed by atoms with Gasteiger partial charge in [-0.3, -0.25) is 4.79 Å². The third-order valence-corrected chi connectivity index (χ3v) is 4.70. The first-order valence-electron chi connectivity index (χ1n) is 5.35. The molecule has 6 heteroatoms. The molecule has 1 atom stereocenters. The lowest BCUT2D eigenvalue weighted by molar-refractivity contribution is 0.0947. The number of sulfone groups is 1. The van der Waals surface area contributed by atoms with E-state index in [1.54, 1.807) is 12.1 Å². The molecule has 0 saturated heterocycles. The summed E-state index contributed by atoms with van der Waals surface area (Å²) in [7, 11) is -3.15. The van der Waals surface area contributed by atoms with Gasteiger partial charge in [0.1, 0.15) is 0 Å². The van der Waals surface area contributed by atoms with Crippen LogP contribution in [0.15, 0.2) is 34.2 Å². The molecule has 1 heterocycles. The maximum atomic E-state index is 12.0. The van der Waals surface area contributed by atoms with E-state index in [9.17, 15) is 13.2 Å². The number of hydrogen-bond acceptors (Lipinski definition) is 3. The fraction of sp³-hybridized carbons (Fsp3) is 0.250. The van der Waals surface area contributed by atoms with E-state index in [4.69, 9.17) is 0 Å². The van der Waals surface area contributed by atoms with Gasteiger partial charge < -0.3 is 5.32 Å². The molecule has 0 spiro atoms. The molecule has 0 saturated carbocycles. The summed E-state index contributed by atoms with van der Waals surface area (Å²) in [5.74, 6) is -0.348. The number of amides is 1. The largest absolute Gasteiger partial charge is 0.345 e. The monoisotopic (exact) mass is 329 g/mol. The van der Waals surface area contributed by atoms with Gasteiger partial charge >= 0.3 is 0 Å². The minimum Gasteiger partial charge on any atom is -0.345 e. The molecule has 1 aromatic carbocycles. The van der Waals surface area contributed by atoms with E-state index in [1.807, 2.05) is 13.0 Å². The van der Waals surface area contributed by atoms with E-state index in [2.05, 4.69) is 21.2 Å². The molecule has 1 aliphatic rings. The molecular weight excluding hydrogens is 318 g/mol. The van der Waals surface area contributed by atoms with E-state index in [1.165, 1.54) is 6.08 Å². The van der Waals surface area contributed by atoms with Crippen LogP contribution in [-0.2, 0) is 9.84 Å². The number of nitrogens with one attached hydrogen (secondary N) is 1. The second-order valence-corrected chi connectivity index (χ2v) is 7.01. The van der Waals surface area contributed by atoms with Crippen molar-refractivity contribution in [3.05, 3.63) is 45.3 Å². The van der Waals surface area contributed by atoms with Crippen molar-refractivity contribution in [2.75, 3.05) is 5.75 Å². The number of halogens is 1. The second kappa shape index (κ2) is 4.85. The molecule has 0 fully saturated rings. The highest BCUT2D eigenvalue weighted by Crippen LogP contribution is 2.18. The zero-order chi connectivity index (χ0) is 13.3. The highest BCUT2D eigenvalue weighted by Gasteiger charge is 2.24. The first kappa shape index (κ1) is 13.3.